The third-order valence-electron chi connectivity index (χ3n) is 16.2. The highest BCUT2D eigenvalue weighted by atomic mass is 31.2. The van der Waals surface area contributed by atoms with Crippen LogP contribution in [-0.4, -0.2) is 96.7 Å². The van der Waals surface area contributed by atoms with Crippen LogP contribution < -0.4 is 0 Å². The van der Waals surface area contributed by atoms with E-state index >= 15 is 0 Å². The minimum Gasteiger partial charge on any atom is -0.462 e. The number of esters is 4. The smallest absolute Gasteiger partial charge is 0.462 e. The summed E-state index contributed by atoms with van der Waals surface area (Å²) in [5.74, 6) is -2.23. The first-order valence-corrected chi connectivity index (χ1v) is 41.2. The zero-order valence-electron chi connectivity index (χ0n) is 60.8. The lowest BCUT2D eigenvalue weighted by Gasteiger charge is -2.21. The predicted octanol–water partition coefficient (Wildman–Crippen LogP) is 21.7. The Kier molecular flexibility index (Phi) is 67.4. The minimum absolute atomic E-state index is 0.0750. The molecule has 5 atom stereocenters. The fraction of sp³-hybridized carbons (Fsp3) is 0.792. The van der Waals surface area contributed by atoms with Crippen molar-refractivity contribution >= 4 is 39.5 Å². The van der Waals surface area contributed by atoms with Crippen molar-refractivity contribution in [2.24, 2.45) is 0 Å². The van der Waals surface area contributed by atoms with Gasteiger partial charge in [-0.05, 0) is 89.9 Å². The van der Waals surface area contributed by atoms with E-state index in [0.717, 1.165) is 116 Å². The Morgan fingerprint density at radius 2 is 0.552 bits per heavy atom. The topological polar surface area (TPSA) is 237 Å². The lowest BCUT2D eigenvalue weighted by atomic mass is 10.0. The number of aliphatic hydroxyl groups is 1. The van der Waals surface area contributed by atoms with E-state index in [1.54, 1.807) is 0 Å². The highest BCUT2D eigenvalue weighted by Crippen LogP contribution is 2.45. The van der Waals surface area contributed by atoms with Gasteiger partial charge in [0, 0.05) is 25.7 Å². The highest BCUT2D eigenvalue weighted by molar-refractivity contribution is 7.47. The van der Waals surface area contributed by atoms with Crippen LogP contribution in [0.3, 0.4) is 0 Å². The van der Waals surface area contributed by atoms with Crippen molar-refractivity contribution in [3.05, 3.63) is 72.9 Å². The Labute approximate surface area is 583 Å². The molecular weight excluding hydrogens is 1260 g/mol. The Bertz CT molecular complexity index is 2110. The number of hydrogen-bond donors (Lipinski definition) is 3. The molecule has 5 unspecified atom stereocenters. The van der Waals surface area contributed by atoms with Gasteiger partial charge in [-0.25, -0.2) is 9.13 Å². The normalized spacial score (nSPS) is 14.4. The Balaban J connectivity index is 5.34. The monoisotopic (exact) mass is 1400 g/mol. The van der Waals surface area contributed by atoms with Gasteiger partial charge in [0.05, 0.1) is 26.4 Å². The van der Waals surface area contributed by atoms with Gasteiger partial charge in [0.2, 0.25) is 0 Å². The lowest BCUT2D eigenvalue weighted by Crippen LogP contribution is -2.30. The summed E-state index contributed by atoms with van der Waals surface area (Å²) in [4.78, 5) is 72.7. The molecule has 0 saturated carbocycles. The van der Waals surface area contributed by atoms with Crippen molar-refractivity contribution in [1.82, 2.24) is 0 Å². The molecule has 0 amide bonds. The van der Waals surface area contributed by atoms with Crippen LogP contribution in [0.5, 0.6) is 0 Å². The molecule has 0 fully saturated rings. The maximum absolute atomic E-state index is 13.1. The maximum atomic E-state index is 13.1. The maximum Gasteiger partial charge on any atom is 0.472 e. The average molecular weight is 1400 g/mol. The fourth-order valence-electron chi connectivity index (χ4n) is 10.4. The van der Waals surface area contributed by atoms with Crippen molar-refractivity contribution in [2.75, 3.05) is 39.6 Å². The summed E-state index contributed by atoms with van der Waals surface area (Å²) in [6, 6.07) is 0. The van der Waals surface area contributed by atoms with Crippen molar-refractivity contribution in [1.29, 1.82) is 0 Å². The van der Waals surface area contributed by atoms with Gasteiger partial charge in [-0.2, -0.15) is 0 Å². The number of carbonyl (C=O) groups is 4. The second kappa shape index (κ2) is 70.0. The van der Waals surface area contributed by atoms with Gasteiger partial charge in [-0.15, -0.1) is 0 Å². The van der Waals surface area contributed by atoms with E-state index in [4.69, 9.17) is 37.0 Å². The minimum atomic E-state index is -4.98. The van der Waals surface area contributed by atoms with Crippen LogP contribution in [0.15, 0.2) is 72.9 Å². The zero-order chi connectivity index (χ0) is 70.4. The van der Waals surface area contributed by atoms with Gasteiger partial charge in [0.15, 0.2) is 12.2 Å². The molecule has 0 aromatic heterocycles. The standard InChI is InChI=1S/C77H138O17P2/c1-5-9-13-17-21-25-29-32-34-35-37-40-43-46-50-54-58-62-75(80)88-68-73(94-77(82)64-60-56-52-48-44-38-31-27-23-19-15-11-7-3)70-92-96(85,86)90-66-71(78)65-89-95(83,84)91-69-72(93-76(81)63-59-55-51-47-41-28-24-20-16-12-8-4)67-87-74(79)61-57-53-49-45-42-39-36-33-30-26-22-18-14-10-6-2/h9,13,21,25,27,31-32,34,37,40,46,50,71-73,78H,5-8,10-12,14-20,22-24,26,28-30,33,35-36,38-39,41-45,47-49,51-70H2,1-4H3,(H,83,84)(H,85,86)/b13-9-,25-21-,31-27-,34-32-,40-37-,50-46-. The molecule has 0 aliphatic carbocycles. The van der Waals surface area contributed by atoms with Crippen LogP contribution in [0.25, 0.3) is 0 Å². The van der Waals surface area contributed by atoms with Crippen molar-refractivity contribution in [3.8, 4) is 0 Å². The third-order valence-corrected chi connectivity index (χ3v) is 18.1. The summed E-state index contributed by atoms with van der Waals surface area (Å²) in [6.45, 7) is 4.71. The first-order valence-electron chi connectivity index (χ1n) is 38.2. The van der Waals surface area contributed by atoms with Crippen LogP contribution in [0.1, 0.15) is 336 Å². The third kappa shape index (κ3) is 69.0. The summed E-state index contributed by atoms with van der Waals surface area (Å²) >= 11 is 0. The number of rotatable bonds is 72. The second-order valence-corrected chi connectivity index (χ2v) is 28.5. The van der Waals surface area contributed by atoms with Crippen molar-refractivity contribution in [2.45, 2.75) is 354 Å². The first kappa shape index (κ1) is 92.5. The SMILES string of the molecule is CC/C=C\C/C=C\C/C=C\C/C=C\C/C=C\CCCC(=O)OCC(COP(=O)(O)OCC(O)COP(=O)(O)OCC(COC(=O)CCCCCCCCCCCCCCCCC)OC(=O)CCCCCCCCCCCCC)OC(=O)CCCCCCC/C=C\CCCCCC. The summed E-state index contributed by atoms with van der Waals surface area (Å²) < 4.78 is 68.4. The molecule has 3 N–H and O–H groups in total. The van der Waals surface area contributed by atoms with Gasteiger partial charge >= 0.3 is 39.5 Å². The number of hydrogen-bond acceptors (Lipinski definition) is 15. The average Bonchev–Trinajstić information content (AvgIpc) is 1.17. The van der Waals surface area contributed by atoms with E-state index in [1.165, 1.54) is 135 Å². The molecule has 0 aliphatic rings. The van der Waals surface area contributed by atoms with E-state index in [-0.39, 0.29) is 25.7 Å². The van der Waals surface area contributed by atoms with Crippen molar-refractivity contribution < 1.29 is 80.2 Å². The Morgan fingerprint density at radius 1 is 0.302 bits per heavy atom. The number of ether oxygens (including phenoxy) is 4. The van der Waals surface area contributed by atoms with Gasteiger partial charge < -0.3 is 33.8 Å². The molecule has 17 nitrogen and oxygen atoms in total. The molecule has 0 spiro atoms. The zero-order valence-corrected chi connectivity index (χ0v) is 62.6. The predicted molar refractivity (Wildman–Crippen MR) is 390 cm³/mol. The van der Waals surface area contributed by atoms with E-state index in [9.17, 15) is 43.2 Å². The number of phosphoric acid groups is 2. The number of phosphoric ester groups is 2. The molecule has 19 heteroatoms. The van der Waals surface area contributed by atoms with E-state index < -0.39 is 97.5 Å². The number of allylic oxidation sites excluding steroid dienone is 12. The summed E-state index contributed by atoms with van der Waals surface area (Å²) in [6.07, 6.45) is 69.0. The number of unbranched alkanes of at least 4 members (excludes halogenated alkanes) is 34. The molecule has 0 radical (unpaired) electrons. The molecule has 0 aromatic carbocycles. The molecule has 0 rings (SSSR count). The Morgan fingerprint density at radius 3 is 0.896 bits per heavy atom. The van der Waals surface area contributed by atoms with Crippen LogP contribution >= 0.6 is 15.6 Å². The highest BCUT2D eigenvalue weighted by Gasteiger charge is 2.30. The Hall–Kier alpha value is -3.50. The van der Waals surface area contributed by atoms with Crippen LogP contribution in [0.2, 0.25) is 0 Å². The van der Waals surface area contributed by atoms with Gasteiger partial charge in [0.1, 0.15) is 19.3 Å². The molecule has 0 heterocycles. The molecule has 96 heavy (non-hydrogen) atoms. The lowest BCUT2D eigenvalue weighted by molar-refractivity contribution is -0.161. The first-order chi connectivity index (χ1) is 46.7. The van der Waals surface area contributed by atoms with Gasteiger partial charge in [-0.1, -0.05) is 293 Å². The number of aliphatic hydroxyl groups excluding tert-OH is 1. The summed E-state index contributed by atoms with van der Waals surface area (Å²) in [5, 5.41) is 10.6. The van der Waals surface area contributed by atoms with Crippen LogP contribution in [0.4, 0.5) is 0 Å². The molecule has 0 bridgehead atoms. The van der Waals surface area contributed by atoms with E-state index in [1.807, 2.05) is 12.2 Å². The quantitative estimate of drug-likeness (QED) is 0.0169. The van der Waals surface area contributed by atoms with E-state index in [2.05, 4.69) is 88.5 Å². The van der Waals surface area contributed by atoms with Crippen LogP contribution in [0, 0.1) is 0 Å². The summed E-state index contributed by atoms with van der Waals surface area (Å²) in [5.41, 5.74) is 0. The molecule has 0 saturated heterocycles. The van der Waals surface area contributed by atoms with Gasteiger partial charge in [0.25, 0.3) is 0 Å². The van der Waals surface area contributed by atoms with E-state index in [0.29, 0.717) is 32.1 Å². The van der Waals surface area contributed by atoms with Crippen LogP contribution in [-0.2, 0) is 65.4 Å². The number of carbonyl (C=O) groups excluding carboxylic acids is 4. The molecule has 0 aliphatic heterocycles. The van der Waals surface area contributed by atoms with Crippen molar-refractivity contribution in [3.63, 3.8) is 0 Å². The van der Waals surface area contributed by atoms with Gasteiger partial charge in [-0.3, -0.25) is 37.3 Å². The fourth-order valence-corrected chi connectivity index (χ4v) is 11.9. The summed E-state index contributed by atoms with van der Waals surface area (Å²) in [7, 11) is -9.95. The molecule has 558 valence electrons. The largest absolute Gasteiger partial charge is 0.472 e. The molecular formula is C77H138O17P2. The second-order valence-electron chi connectivity index (χ2n) is 25.6. The molecule has 0 aromatic rings.